The minimum absolute atomic E-state index is 0.358. The molecule has 1 unspecified atom stereocenters. The summed E-state index contributed by atoms with van der Waals surface area (Å²) in [6.45, 7) is 6.58. The molecule has 1 aliphatic rings. The van der Waals surface area contributed by atoms with Gasteiger partial charge < -0.3 is 19.1 Å². The normalized spacial score (nSPS) is 17.8. The molecule has 0 saturated carbocycles. The third-order valence-corrected chi connectivity index (χ3v) is 3.20. The van der Waals surface area contributed by atoms with Crippen molar-refractivity contribution < 1.29 is 33.4 Å². The van der Waals surface area contributed by atoms with E-state index in [1.165, 1.54) is 0 Å². The van der Waals surface area contributed by atoms with E-state index in [1.54, 1.807) is 27.7 Å². The Kier molecular flexibility index (Phi) is 5.89. The van der Waals surface area contributed by atoms with Crippen LogP contribution in [0.25, 0.3) is 0 Å². The van der Waals surface area contributed by atoms with Gasteiger partial charge in [0.2, 0.25) is 0 Å². The standard InChI is InChI=1S/C15H21NO7/c1-7(2)16-11(15(20)23-8(3)4)9(13(18)21-5)10(12(16)17)14(19)22-6/h7-8,11H,1-6H3. The lowest BCUT2D eigenvalue weighted by atomic mass is 10.0. The van der Waals surface area contributed by atoms with Gasteiger partial charge in [0.25, 0.3) is 5.91 Å². The smallest absolute Gasteiger partial charge is 0.344 e. The Morgan fingerprint density at radius 1 is 1.00 bits per heavy atom. The Labute approximate surface area is 134 Å². The van der Waals surface area contributed by atoms with Gasteiger partial charge in [0, 0.05) is 6.04 Å². The van der Waals surface area contributed by atoms with E-state index < -0.39 is 47.6 Å². The zero-order chi connectivity index (χ0) is 17.9. The second-order valence-electron chi connectivity index (χ2n) is 5.47. The maximum atomic E-state index is 12.5. The van der Waals surface area contributed by atoms with Gasteiger partial charge in [0.05, 0.1) is 25.9 Å². The molecule has 0 aromatic heterocycles. The van der Waals surface area contributed by atoms with Crippen LogP contribution in [0.5, 0.6) is 0 Å². The SMILES string of the molecule is COC(=O)C1=C(C(=O)OC)C(C(=O)OC(C)C)N(C(C)C)C1=O. The molecule has 8 nitrogen and oxygen atoms in total. The summed E-state index contributed by atoms with van der Waals surface area (Å²) in [7, 11) is 2.18. The van der Waals surface area contributed by atoms with Gasteiger partial charge in [0.1, 0.15) is 5.57 Å². The lowest BCUT2D eigenvalue weighted by molar-refractivity contribution is -0.157. The van der Waals surface area contributed by atoms with Crippen LogP contribution in [0.3, 0.4) is 0 Å². The largest absolute Gasteiger partial charge is 0.466 e. The van der Waals surface area contributed by atoms with E-state index >= 15 is 0 Å². The third-order valence-electron chi connectivity index (χ3n) is 3.20. The predicted molar refractivity (Wildman–Crippen MR) is 78.1 cm³/mol. The maximum Gasteiger partial charge on any atom is 0.344 e. The monoisotopic (exact) mass is 327 g/mol. The van der Waals surface area contributed by atoms with Crippen molar-refractivity contribution in [2.24, 2.45) is 0 Å². The molecule has 1 heterocycles. The van der Waals surface area contributed by atoms with Crippen LogP contribution < -0.4 is 0 Å². The van der Waals surface area contributed by atoms with Gasteiger partial charge in [0.15, 0.2) is 6.04 Å². The van der Waals surface area contributed by atoms with Crippen LogP contribution in [-0.2, 0) is 33.4 Å². The average molecular weight is 327 g/mol. The third kappa shape index (κ3) is 3.52. The molecule has 0 aliphatic carbocycles. The van der Waals surface area contributed by atoms with Crippen molar-refractivity contribution in [3.63, 3.8) is 0 Å². The molecule has 0 radical (unpaired) electrons. The molecular formula is C15H21NO7. The van der Waals surface area contributed by atoms with Crippen LogP contribution in [0.15, 0.2) is 11.1 Å². The molecule has 0 saturated heterocycles. The van der Waals surface area contributed by atoms with Gasteiger partial charge in [-0.25, -0.2) is 14.4 Å². The zero-order valence-electron chi connectivity index (χ0n) is 14.0. The molecule has 0 N–H and O–H groups in total. The Hall–Kier alpha value is -2.38. The van der Waals surface area contributed by atoms with E-state index in [9.17, 15) is 19.2 Å². The molecule has 8 heteroatoms. The predicted octanol–water partition coefficient (Wildman–Crippen LogP) is 0.200. The van der Waals surface area contributed by atoms with Gasteiger partial charge in [-0.1, -0.05) is 0 Å². The highest BCUT2D eigenvalue weighted by Crippen LogP contribution is 2.31. The summed E-state index contributed by atoms with van der Waals surface area (Å²) in [6, 6.07) is -1.79. The first-order valence-electron chi connectivity index (χ1n) is 7.11. The first-order valence-corrected chi connectivity index (χ1v) is 7.11. The van der Waals surface area contributed by atoms with E-state index in [0.717, 1.165) is 19.1 Å². The minimum atomic E-state index is -1.34. The summed E-state index contributed by atoms with van der Waals surface area (Å²) in [5.74, 6) is -3.52. The fourth-order valence-corrected chi connectivity index (χ4v) is 2.32. The van der Waals surface area contributed by atoms with Crippen LogP contribution >= 0.6 is 0 Å². The van der Waals surface area contributed by atoms with Crippen LogP contribution in [0, 0.1) is 0 Å². The highest BCUT2D eigenvalue weighted by molar-refractivity contribution is 6.25. The van der Waals surface area contributed by atoms with Crippen molar-refractivity contribution in [3.8, 4) is 0 Å². The molecule has 0 spiro atoms. The fourth-order valence-electron chi connectivity index (χ4n) is 2.32. The molecule has 1 amide bonds. The molecule has 0 fully saturated rings. The molecule has 1 atom stereocenters. The Morgan fingerprint density at radius 2 is 1.52 bits per heavy atom. The highest BCUT2D eigenvalue weighted by atomic mass is 16.5. The Morgan fingerprint density at radius 3 is 1.91 bits per heavy atom. The van der Waals surface area contributed by atoms with Crippen LogP contribution in [0.4, 0.5) is 0 Å². The number of nitrogens with zero attached hydrogens (tertiary/aromatic N) is 1. The molecule has 23 heavy (non-hydrogen) atoms. The van der Waals surface area contributed by atoms with Gasteiger partial charge >= 0.3 is 17.9 Å². The molecule has 1 rings (SSSR count). The summed E-state index contributed by atoms with van der Waals surface area (Å²) >= 11 is 0. The summed E-state index contributed by atoms with van der Waals surface area (Å²) in [5.41, 5.74) is -0.859. The van der Waals surface area contributed by atoms with E-state index in [0.29, 0.717) is 0 Å². The summed E-state index contributed by atoms with van der Waals surface area (Å²) in [5, 5.41) is 0. The summed E-state index contributed by atoms with van der Waals surface area (Å²) < 4.78 is 14.3. The van der Waals surface area contributed by atoms with E-state index in [-0.39, 0.29) is 5.57 Å². The van der Waals surface area contributed by atoms with Crippen LogP contribution in [0.1, 0.15) is 27.7 Å². The van der Waals surface area contributed by atoms with E-state index in [2.05, 4.69) is 9.47 Å². The molecule has 1 aliphatic heterocycles. The van der Waals surface area contributed by atoms with E-state index in [1.807, 2.05) is 0 Å². The topological polar surface area (TPSA) is 99.2 Å². The van der Waals surface area contributed by atoms with Crippen molar-refractivity contribution in [2.75, 3.05) is 14.2 Å². The second-order valence-corrected chi connectivity index (χ2v) is 5.47. The number of amides is 1. The van der Waals surface area contributed by atoms with Gasteiger partial charge in [-0.05, 0) is 27.7 Å². The molecule has 128 valence electrons. The van der Waals surface area contributed by atoms with E-state index in [4.69, 9.17) is 4.74 Å². The number of hydrogen-bond donors (Lipinski definition) is 0. The molecule has 0 aromatic rings. The number of rotatable bonds is 5. The summed E-state index contributed by atoms with van der Waals surface area (Å²) in [4.78, 5) is 50.0. The minimum Gasteiger partial charge on any atom is -0.466 e. The van der Waals surface area contributed by atoms with Crippen LogP contribution in [0.2, 0.25) is 0 Å². The first kappa shape index (κ1) is 18.7. The van der Waals surface area contributed by atoms with Crippen LogP contribution in [-0.4, -0.2) is 61.1 Å². The lowest BCUT2D eigenvalue weighted by Crippen LogP contribution is -2.47. The van der Waals surface area contributed by atoms with Gasteiger partial charge in [-0.15, -0.1) is 0 Å². The van der Waals surface area contributed by atoms with Crippen molar-refractivity contribution in [3.05, 3.63) is 11.1 Å². The van der Waals surface area contributed by atoms with Crippen molar-refractivity contribution in [1.29, 1.82) is 0 Å². The Bertz CT molecular complexity index is 562. The molecule has 0 aromatic carbocycles. The van der Waals surface area contributed by atoms with Gasteiger partial charge in [-0.3, -0.25) is 4.79 Å². The number of ether oxygens (including phenoxy) is 3. The fraction of sp³-hybridized carbons (Fsp3) is 0.600. The molecule has 0 bridgehead atoms. The van der Waals surface area contributed by atoms with Crippen molar-refractivity contribution in [1.82, 2.24) is 4.90 Å². The molecular weight excluding hydrogens is 306 g/mol. The average Bonchev–Trinajstić information content (AvgIpc) is 2.78. The van der Waals surface area contributed by atoms with Crippen molar-refractivity contribution in [2.45, 2.75) is 45.9 Å². The number of methoxy groups -OCH3 is 2. The lowest BCUT2D eigenvalue weighted by Gasteiger charge is -2.28. The number of carbonyl (C=O) groups is 4. The van der Waals surface area contributed by atoms with Crippen molar-refractivity contribution >= 4 is 23.8 Å². The summed E-state index contributed by atoms with van der Waals surface area (Å²) in [6.07, 6.45) is -0.451. The highest BCUT2D eigenvalue weighted by Gasteiger charge is 2.51. The maximum absolute atomic E-state index is 12.5. The van der Waals surface area contributed by atoms with Gasteiger partial charge in [-0.2, -0.15) is 0 Å². The first-order chi connectivity index (χ1) is 10.7. The number of hydrogen-bond acceptors (Lipinski definition) is 7. The quantitative estimate of drug-likeness (QED) is 0.404. The Balaban J connectivity index is 3.51. The number of esters is 3. The second kappa shape index (κ2) is 7.26. The number of carbonyl (C=O) groups excluding carboxylic acids is 4. The zero-order valence-corrected chi connectivity index (χ0v) is 14.0.